The molecule has 1 aliphatic heterocycles. The number of ether oxygens (including phenoxy) is 2. The molecule has 0 aromatic heterocycles. The molecule has 1 saturated heterocycles. The molecule has 2 rings (SSSR count). The summed E-state index contributed by atoms with van der Waals surface area (Å²) >= 11 is 0. The van der Waals surface area contributed by atoms with E-state index >= 15 is 0 Å². The molecule has 0 radical (unpaired) electrons. The predicted molar refractivity (Wildman–Crippen MR) is 60.6 cm³/mol. The summed E-state index contributed by atoms with van der Waals surface area (Å²) in [4.78, 5) is 10.9. The van der Waals surface area contributed by atoms with E-state index in [4.69, 9.17) is 9.47 Å². The monoisotopic (exact) mass is 216 g/mol. The summed E-state index contributed by atoms with van der Waals surface area (Å²) in [5.41, 5.74) is 1.97. The molecule has 1 aliphatic rings. The van der Waals surface area contributed by atoms with Crippen LogP contribution in [0.25, 0.3) is 5.57 Å². The van der Waals surface area contributed by atoms with Crippen LogP contribution in [-0.2, 0) is 9.47 Å². The fourth-order valence-electron chi connectivity index (χ4n) is 1.61. The lowest BCUT2D eigenvalue weighted by Gasteiger charge is -2.06. The van der Waals surface area contributed by atoms with Gasteiger partial charge in [-0.05, 0) is 12.0 Å². The Balaban J connectivity index is 2.37. The quantitative estimate of drug-likeness (QED) is 0.575. The molecule has 0 atom stereocenters. The van der Waals surface area contributed by atoms with Crippen molar-refractivity contribution in [1.29, 1.82) is 0 Å². The third-order valence-corrected chi connectivity index (χ3v) is 2.33. The molecule has 0 N–H and O–H groups in total. The average molecular weight is 216 g/mol. The van der Waals surface area contributed by atoms with Crippen LogP contribution in [0.1, 0.15) is 12.0 Å². The number of hydrogen-bond donors (Lipinski definition) is 0. The second kappa shape index (κ2) is 4.66. The number of rotatable bonds is 3. The topological polar surface area (TPSA) is 35.5 Å². The first kappa shape index (κ1) is 10.5. The predicted octanol–water partition coefficient (Wildman–Crippen LogP) is 3.14. The lowest BCUT2D eigenvalue weighted by molar-refractivity contribution is 0.136. The van der Waals surface area contributed by atoms with E-state index in [9.17, 15) is 4.79 Å². The lowest BCUT2D eigenvalue weighted by Crippen LogP contribution is -1.93. The van der Waals surface area contributed by atoms with Gasteiger partial charge < -0.3 is 9.47 Å². The maximum atomic E-state index is 10.9. The first-order valence-electron chi connectivity index (χ1n) is 5.04. The molecule has 1 aromatic rings. The van der Waals surface area contributed by atoms with Gasteiger partial charge in [0.2, 0.25) is 0 Å². The van der Waals surface area contributed by atoms with Crippen LogP contribution < -0.4 is 0 Å². The van der Waals surface area contributed by atoms with Gasteiger partial charge in [0, 0.05) is 5.57 Å². The Hall–Kier alpha value is -2.03. The van der Waals surface area contributed by atoms with Crippen LogP contribution in [0, 0.1) is 0 Å². The van der Waals surface area contributed by atoms with Gasteiger partial charge >= 0.3 is 6.16 Å². The standard InChI is InChI=1S/C13H12O3/c1-2-6-11(10-7-4-3-5-8-10)12-9-15-13(14)16-12/h2-5,7-8H,1,6,9H2/b12-11-. The SMILES string of the molecule is C=CC/C(=C1\COC(=O)O1)c1ccccc1. The molecule has 0 unspecified atom stereocenters. The lowest BCUT2D eigenvalue weighted by atomic mass is 10.0. The van der Waals surface area contributed by atoms with Gasteiger partial charge in [-0.25, -0.2) is 4.79 Å². The summed E-state index contributed by atoms with van der Waals surface area (Å²) in [5, 5.41) is 0. The molecular formula is C13H12O3. The van der Waals surface area contributed by atoms with Crippen molar-refractivity contribution in [3.63, 3.8) is 0 Å². The Kier molecular flexibility index (Phi) is 3.05. The number of carbonyl (C=O) groups excluding carboxylic acids is 1. The Morgan fingerprint density at radius 2 is 2.12 bits per heavy atom. The van der Waals surface area contributed by atoms with Crippen molar-refractivity contribution >= 4 is 11.7 Å². The van der Waals surface area contributed by atoms with Gasteiger partial charge in [-0.15, -0.1) is 6.58 Å². The molecule has 0 bridgehead atoms. The Morgan fingerprint density at radius 3 is 2.69 bits per heavy atom. The molecular weight excluding hydrogens is 204 g/mol. The third-order valence-electron chi connectivity index (χ3n) is 2.33. The molecule has 1 fully saturated rings. The minimum atomic E-state index is -0.632. The number of allylic oxidation sites excluding steroid dienone is 2. The van der Waals surface area contributed by atoms with Crippen molar-refractivity contribution in [3.05, 3.63) is 54.3 Å². The van der Waals surface area contributed by atoms with Crippen molar-refractivity contribution in [3.8, 4) is 0 Å². The van der Waals surface area contributed by atoms with E-state index < -0.39 is 6.16 Å². The van der Waals surface area contributed by atoms with E-state index in [0.29, 0.717) is 12.2 Å². The van der Waals surface area contributed by atoms with Gasteiger partial charge in [0.05, 0.1) is 0 Å². The van der Waals surface area contributed by atoms with E-state index in [1.54, 1.807) is 6.08 Å². The third kappa shape index (κ3) is 2.14. The summed E-state index contributed by atoms with van der Waals surface area (Å²) < 4.78 is 9.76. The normalized spacial score (nSPS) is 17.6. The number of hydrogen-bond acceptors (Lipinski definition) is 3. The Labute approximate surface area is 94.0 Å². The van der Waals surface area contributed by atoms with Crippen LogP contribution in [0.15, 0.2) is 48.7 Å². The smallest absolute Gasteiger partial charge is 0.426 e. The molecule has 0 aliphatic carbocycles. The van der Waals surface area contributed by atoms with E-state index in [-0.39, 0.29) is 6.61 Å². The van der Waals surface area contributed by atoms with Crippen LogP contribution in [-0.4, -0.2) is 12.8 Å². The highest BCUT2D eigenvalue weighted by Gasteiger charge is 2.22. The highest BCUT2D eigenvalue weighted by molar-refractivity contribution is 5.74. The zero-order valence-electron chi connectivity index (χ0n) is 8.81. The Bertz CT molecular complexity index is 432. The van der Waals surface area contributed by atoms with Gasteiger partial charge in [0.15, 0.2) is 12.4 Å². The fourth-order valence-corrected chi connectivity index (χ4v) is 1.61. The van der Waals surface area contributed by atoms with Gasteiger partial charge in [0.25, 0.3) is 0 Å². The zero-order chi connectivity index (χ0) is 11.4. The molecule has 0 saturated carbocycles. The molecule has 0 spiro atoms. The fraction of sp³-hybridized carbons (Fsp3) is 0.154. The first-order chi connectivity index (χ1) is 7.81. The minimum Gasteiger partial charge on any atom is -0.426 e. The van der Waals surface area contributed by atoms with E-state index in [2.05, 4.69) is 6.58 Å². The average Bonchev–Trinajstić information content (AvgIpc) is 2.74. The summed E-state index contributed by atoms with van der Waals surface area (Å²) in [6, 6.07) is 9.76. The van der Waals surface area contributed by atoms with E-state index in [0.717, 1.165) is 11.1 Å². The summed E-state index contributed by atoms with van der Waals surface area (Å²) in [6.45, 7) is 3.91. The second-order valence-corrected chi connectivity index (χ2v) is 3.40. The van der Waals surface area contributed by atoms with Crippen LogP contribution in [0.2, 0.25) is 0 Å². The maximum Gasteiger partial charge on any atom is 0.514 e. The summed E-state index contributed by atoms with van der Waals surface area (Å²) in [5.74, 6) is 0.580. The minimum absolute atomic E-state index is 0.205. The number of cyclic esters (lactones) is 2. The van der Waals surface area contributed by atoms with Crippen LogP contribution in [0.4, 0.5) is 4.79 Å². The summed E-state index contributed by atoms with van der Waals surface area (Å²) in [6.07, 6.45) is 1.80. The molecule has 82 valence electrons. The van der Waals surface area contributed by atoms with Gasteiger partial charge in [0.1, 0.15) is 0 Å². The molecule has 1 aromatic carbocycles. The zero-order valence-corrected chi connectivity index (χ0v) is 8.81. The Morgan fingerprint density at radius 1 is 1.38 bits per heavy atom. The van der Waals surface area contributed by atoms with Crippen LogP contribution >= 0.6 is 0 Å². The molecule has 16 heavy (non-hydrogen) atoms. The molecule has 0 amide bonds. The van der Waals surface area contributed by atoms with Crippen molar-refractivity contribution in [2.75, 3.05) is 6.61 Å². The molecule has 3 nitrogen and oxygen atoms in total. The van der Waals surface area contributed by atoms with Crippen LogP contribution in [0.5, 0.6) is 0 Å². The van der Waals surface area contributed by atoms with Gasteiger partial charge in [-0.3, -0.25) is 0 Å². The van der Waals surface area contributed by atoms with Crippen molar-refractivity contribution in [2.45, 2.75) is 6.42 Å². The second-order valence-electron chi connectivity index (χ2n) is 3.40. The maximum absolute atomic E-state index is 10.9. The van der Waals surface area contributed by atoms with Crippen molar-refractivity contribution in [2.24, 2.45) is 0 Å². The van der Waals surface area contributed by atoms with Crippen LogP contribution in [0.3, 0.4) is 0 Å². The van der Waals surface area contributed by atoms with Gasteiger partial charge in [-0.1, -0.05) is 36.4 Å². The van der Waals surface area contributed by atoms with E-state index in [1.165, 1.54) is 0 Å². The highest BCUT2D eigenvalue weighted by Crippen LogP contribution is 2.26. The van der Waals surface area contributed by atoms with Gasteiger partial charge in [-0.2, -0.15) is 0 Å². The summed E-state index contributed by atoms with van der Waals surface area (Å²) in [7, 11) is 0. The first-order valence-corrected chi connectivity index (χ1v) is 5.04. The van der Waals surface area contributed by atoms with E-state index in [1.807, 2.05) is 30.3 Å². The molecule has 1 heterocycles. The van der Waals surface area contributed by atoms with Crippen molar-refractivity contribution in [1.82, 2.24) is 0 Å². The number of benzene rings is 1. The molecule has 3 heteroatoms. The highest BCUT2D eigenvalue weighted by atomic mass is 16.8. The van der Waals surface area contributed by atoms with Crippen molar-refractivity contribution < 1.29 is 14.3 Å². The largest absolute Gasteiger partial charge is 0.514 e. The number of carbonyl (C=O) groups is 1.